The molecule has 0 spiro atoms. The fraction of sp³-hybridized carbons (Fsp3) is 0.692. The SMILES string of the molecule is COCC1(CNC(=O)c2ocnc2C)CCNCC1.Cl.Cl. The van der Waals surface area contributed by atoms with Crippen molar-refractivity contribution in [3.8, 4) is 0 Å². The normalized spacial score (nSPS) is 16.5. The van der Waals surface area contributed by atoms with Crippen molar-refractivity contribution in [1.29, 1.82) is 0 Å². The number of ether oxygens (including phenoxy) is 1. The molecule has 8 heteroatoms. The van der Waals surface area contributed by atoms with Crippen LogP contribution in [-0.2, 0) is 4.74 Å². The van der Waals surface area contributed by atoms with Crippen molar-refractivity contribution in [2.75, 3.05) is 33.4 Å². The largest absolute Gasteiger partial charge is 0.438 e. The van der Waals surface area contributed by atoms with Gasteiger partial charge in [0.25, 0.3) is 5.91 Å². The molecule has 1 aromatic rings. The van der Waals surface area contributed by atoms with E-state index in [1.54, 1.807) is 14.0 Å². The molecule has 0 atom stereocenters. The van der Waals surface area contributed by atoms with Gasteiger partial charge in [0.2, 0.25) is 5.76 Å². The number of oxazole rings is 1. The first kappa shape index (κ1) is 20.2. The molecule has 1 aliphatic heterocycles. The first-order chi connectivity index (χ1) is 9.17. The van der Waals surface area contributed by atoms with Crippen molar-refractivity contribution < 1.29 is 13.9 Å². The Balaban J connectivity index is 0.00000200. The van der Waals surface area contributed by atoms with Gasteiger partial charge in [-0.3, -0.25) is 4.79 Å². The maximum atomic E-state index is 12.0. The van der Waals surface area contributed by atoms with Crippen LogP contribution in [0.4, 0.5) is 0 Å². The van der Waals surface area contributed by atoms with E-state index in [2.05, 4.69) is 15.6 Å². The van der Waals surface area contributed by atoms with Gasteiger partial charge in [0.15, 0.2) is 6.39 Å². The van der Waals surface area contributed by atoms with E-state index in [1.165, 1.54) is 6.39 Å². The van der Waals surface area contributed by atoms with Crippen LogP contribution in [0.25, 0.3) is 0 Å². The summed E-state index contributed by atoms with van der Waals surface area (Å²) in [6, 6.07) is 0. The maximum Gasteiger partial charge on any atom is 0.289 e. The van der Waals surface area contributed by atoms with Crippen molar-refractivity contribution in [1.82, 2.24) is 15.6 Å². The fourth-order valence-electron chi connectivity index (χ4n) is 2.50. The molecule has 0 bridgehead atoms. The zero-order chi connectivity index (χ0) is 13.7. The van der Waals surface area contributed by atoms with E-state index in [4.69, 9.17) is 9.15 Å². The number of carbonyl (C=O) groups is 1. The van der Waals surface area contributed by atoms with E-state index in [0.29, 0.717) is 24.6 Å². The van der Waals surface area contributed by atoms with E-state index >= 15 is 0 Å². The number of halogens is 2. The molecule has 0 aromatic carbocycles. The molecule has 122 valence electrons. The summed E-state index contributed by atoms with van der Waals surface area (Å²) >= 11 is 0. The third-order valence-electron chi connectivity index (χ3n) is 3.69. The summed E-state index contributed by atoms with van der Waals surface area (Å²) in [4.78, 5) is 15.9. The molecule has 2 heterocycles. The average Bonchev–Trinajstić information content (AvgIpc) is 2.84. The Kier molecular flexibility index (Phi) is 8.89. The standard InChI is InChI=1S/C13H21N3O3.2ClH/c1-10-11(19-9-16-10)12(17)15-7-13(8-18-2)3-5-14-6-4-13;;/h9,14H,3-8H2,1-2H3,(H,15,17);2*1H. The number of nitrogens with zero attached hydrogens (tertiary/aromatic N) is 1. The summed E-state index contributed by atoms with van der Waals surface area (Å²) in [5.74, 6) is 0.0884. The molecule has 1 aromatic heterocycles. The topological polar surface area (TPSA) is 76.4 Å². The number of rotatable bonds is 5. The third-order valence-corrected chi connectivity index (χ3v) is 3.69. The van der Waals surface area contributed by atoms with E-state index in [1.807, 2.05) is 0 Å². The summed E-state index contributed by atoms with van der Waals surface area (Å²) in [5.41, 5.74) is 0.632. The van der Waals surface area contributed by atoms with Gasteiger partial charge in [-0.15, -0.1) is 24.8 Å². The van der Waals surface area contributed by atoms with Crippen molar-refractivity contribution >= 4 is 30.7 Å². The zero-order valence-corrected chi connectivity index (χ0v) is 13.9. The van der Waals surface area contributed by atoms with Crippen LogP contribution in [0.2, 0.25) is 0 Å². The lowest BCUT2D eigenvalue weighted by molar-refractivity contribution is 0.0506. The molecule has 21 heavy (non-hydrogen) atoms. The Labute approximate surface area is 137 Å². The molecule has 1 saturated heterocycles. The number of hydrogen-bond acceptors (Lipinski definition) is 5. The number of amides is 1. The van der Waals surface area contributed by atoms with E-state index in [9.17, 15) is 4.79 Å². The summed E-state index contributed by atoms with van der Waals surface area (Å²) in [6.07, 6.45) is 3.28. The molecule has 2 N–H and O–H groups in total. The van der Waals surface area contributed by atoms with Gasteiger partial charge < -0.3 is 19.8 Å². The van der Waals surface area contributed by atoms with Crippen molar-refractivity contribution in [2.45, 2.75) is 19.8 Å². The molecular formula is C13H23Cl2N3O3. The lowest BCUT2D eigenvalue weighted by atomic mass is 9.79. The molecule has 0 aliphatic carbocycles. The molecule has 1 amide bonds. The van der Waals surface area contributed by atoms with Gasteiger partial charge in [0, 0.05) is 19.1 Å². The monoisotopic (exact) mass is 339 g/mol. The first-order valence-corrected chi connectivity index (χ1v) is 6.55. The maximum absolute atomic E-state index is 12.0. The Bertz CT molecular complexity index is 429. The second-order valence-electron chi connectivity index (χ2n) is 5.13. The summed E-state index contributed by atoms with van der Waals surface area (Å²) < 4.78 is 10.4. The van der Waals surface area contributed by atoms with Crippen LogP contribution in [-0.4, -0.2) is 44.2 Å². The van der Waals surface area contributed by atoms with Gasteiger partial charge in [0.1, 0.15) is 0 Å². The number of aryl methyl sites for hydroxylation is 1. The zero-order valence-electron chi connectivity index (χ0n) is 12.3. The second-order valence-corrected chi connectivity index (χ2v) is 5.13. The summed E-state index contributed by atoms with van der Waals surface area (Å²) in [7, 11) is 1.70. The van der Waals surface area contributed by atoms with Crippen molar-refractivity contribution in [3.63, 3.8) is 0 Å². The van der Waals surface area contributed by atoms with E-state index in [0.717, 1.165) is 25.9 Å². The minimum absolute atomic E-state index is 0. The molecule has 6 nitrogen and oxygen atoms in total. The van der Waals surface area contributed by atoms with Crippen LogP contribution in [0.5, 0.6) is 0 Å². The van der Waals surface area contributed by atoms with Gasteiger partial charge in [-0.2, -0.15) is 0 Å². The predicted molar refractivity (Wildman–Crippen MR) is 84.5 cm³/mol. The number of aromatic nitrogens is 1. The van der Waals surface area contributed by atoms with E-state index < -0.39 is 0 Å². The Morgan fingerprint density at radius 2 is 2.14 bits per heavy atom. The Hall–Kier alpha value is -0.820. The lowest BCUT2D eigenvalue weighted by Gasteiger charge is -2.37. The van der Waals surface area contributed by atoms with Crippen LogP contribution in [0.3, 0.4) is 0 Å². The van der Waals surface area contributed by atoms with Gasteiger partial charge in [0.05, 0.1) is 12.3 Å². The highest BCUT2D eigenvalue weighted by Gasteiger charge is 2.33. The van der Waals surface area contributed by atoms with Crippen LogP contribution in [0.15, 0.2) is 10.8 Å². The molecule has 2 rings (SSSR count). The number of nitrogens with one attached hydrogen (secondary N) is 2. The van der Waals surface area contributed by atoms with Crippen molar-refractivity contribution in [3.05, 3.63) is 17.8 Å². The molecule has 0 saturated carbocycles. The molecule has 1 fully saturated rings. The predicted octanol–water partition coefficient (Wildman–Crippen LogP) is 1.57. The number of methoxy groups -OCH3 is 1. The molecular weight excluding hydrogens is 317 g/mol. The molecule has 0 radical (unpaired) electrons. The minimum Gasteiger partial charge on any atom is -0.438 e. The second kappa shape index (κ2) is 9.25. The summed E-state index contributed by atoms with van der Waals surface area (Å²) in [6.45, 7) is 4.93. The number of hydrogen-bond donors (Lipinski definition) is 2. The quantitative estimate of drug-likeness (QED) is 0.851. The number of carbonyl (C=O) groups excluding carboxylic acids is 1. The Morgan fingerprint density at radius 3 is 2.67 bits per heavy atom. The Morgan fingerprint density at radius 1 is 1.48 bits per heavy atom. The van der Waals surface area contributed by atoms with Gasteiger partial charge in [-0.1, -0.05) is 0 Å². The summed E-state index contributed by atoms with van der Waals surface area (Å²) in [5, 5.41) is 6.27. The molecule has 1 aliphatic rings. The van der Waals surface area contributed by atoms with Crippen LogP contribution < -0.4 is 10.6 Å². The first-order valence-electron chi connectivity index (χ1n) is 6.55. The van der Waals surface area contributed by atoms with E-state index in [-0.39, 0.29) is 36.1 Å². The minimum atomic E-state index is -0.205. The fourth-order valence-corrected chi connectivity index (χ4v) is 2.50. The lowest BCUT2D eigenvalue weighted by Crippen LogP contribution is -2.47. The average molecular weight is 340 g/mol. The van der Waals surface area contributed by atoms with Gasteiger partial charge in [-0.05, 0) is 32.9 Å². The smallest absolute Gasteiger partial charge is 0.289 e. The van der Waals surface area contributed by atoms with Crippen LogP contribution in [0, 0.1) is 12.3 Å². The van der Waals surface area contributed by atoms with Crippen LogP contribution in [0.1, 0.15) is 29.1 Å². The highest BCUT2D eigenvalue weighted by molar-refractivity contribution is 5.92. The van der Waals surface area contributed by atoms with Crippen molar-refractivity contribution in [2.24, 2.45) is 5.41 Å². The highest BCUT2D eigenvalue weighted by atomic mass is 35.5. The third kappa shape index (κ3) is 5.14. The van der Waals surface area contributed by atoms with Gasteiger partial charge in [-0.25, -0.2) is 4.98 Å². The van der Waals surface area contributed by atoms with Crippen LogP contribution >= 0.6 is 24.8 Å². The highest BCUT2D eigenvalue weighted by Crippen LogP contribution is 2.28. The van der Waals surface area contributed by atoms with Gasteiger partial charge >= 0.3 is 0 Å². The molecule has 0 unspecified atom stereocenters. The number of piperidine rings is 1.